The van der Waals surface area contributed by atoms with Gasteiger partial charge >= 0.3 is 0 Å². The summed E-state index contributed by atoms with van der Waals surface area (Å²) >= 11 is 0. The first kappa shape index (κ1) is 18.5. The van der Waals surface area contributed by atoms with Crippen molar-refractivity contribution in [2.75, 3.05) is 20.3 Å². The number of nitrogens with zero attached hydrogens (tertiary/aromatic N) is 1. The highest BCUT2D eigenvalue weighted by Gasteiger charge is 2.18. The van der Waals surface area contributed by atoms with Crippen LogP contribution in [-0.2, 0) is 4.79 Å². The Morgan fingerprint density at radius 1 is 1.04 bits per heavy atom. The van der Waals surface area contributed by atoms with E-state index in [-0.39, 0.29) is 5.91 Å². The van der Waals surface area contributed by atoms with Gasteiger partial charge in [-0.15, -0.1) is 0 Å². The molecule has 6 nitrogen and oxygen atoms in total. The van der Waals surface area contributed by atoms with Gasteiger partial charge in [0.15, 0.2) is 11.5 Å². The van der Waals surface area contributed by atoms with Crippen LogP contribution in [0.1, 0.15) is 12.6 Å². The van der Waals surface area contributed by atoms with Crippen molar-refractivity contribution in [3.05, 3.63) is 54.2 Å². The Kier molecular flexibility index (Phi) is 5.76. The van der Waals surface area contributed by atoms with Crippen LogP contribution in [0.5, 0.6) is 11.5 Å². The second-order valence-electron chi connectivity index (χ2n) is 6.10. The van der Waals surface area contributed by atoms with Crippen molar-refractivity contribution in [2.24, 2.45) is 0 Å². The predicted molar refractivity (Wildman–Crippen MR) is 105 cm³/mol. The molecule has 140 valence electrons. The van der Waals surface area contributed by atoms with Crippen molar-refractivity contribution >= 4 is 5.91 Å². The van der Waals surface area contributed by atoms with Crippen molar-refractivity contribution in [1.29, 1.82) is 0 Å². The lowest BCUT2D eigenvalue weighted by Crippen LogP contribution is -2.15. The maximum absolute atomic E-state index is 9.70. The molecule has 0 bridgehead atoms. The summed E-state index contributed by atoms with van der Waals surface area (Å²) in [6.07, 6.45) is 0. The molecule has 4 rings (SSSR count). The maximum Gasteiger partial charge on any atom is 0.216 e. The van der Waals surface area contributed by atoms with Gasteiger partial charge in [-0.25, -0.2) is 0 Å². The summed E-state index contributed by atoms with van der Waals surface area (Å²) in [6.45, 7) is 4.70. The van der Waals surface area contributed by atoms with Crippen molar-refractivity contribution < 1.29 is 14.3 Å². The Hall–Kier alpha value is -3.28. The number of rotatable bonds is 2. The lowest BCUT2D eigenvalue weighted by atomic mass is 9.99. The molecule has 2 heterocycles. The first-order valence-corrected chi connectivity index (χ1v) is 8.79. The van der Waals surface area contributed by atoms with E-state index in [1.807, 2.05) is 37.3 Å². The molecular weight excluding hydrogens is 342 g/mol. The average Bonchev–Trinajstić information content (AvgIpc) is 3.10. The summed E-state index contributed by atoms with van der Waals surface area (Å²) in [5, 5.41) is 9.96. The molecule has 0 unspecified atom stereocenters. The van der Waals surface area contributed by atoms with Crippen LogP contribution in [0.4, 0.5) is 0 Å². The number of benzene rings is 2. The zero-order chi connectivity index (χ0) is 19.2. The number of aromatic amines is 1. The number of H-pyrrole nitrogens is 1. The number of amides is 1. The Labute approximate surface area is 158 Å². The lowest BCUT2D eigenvalue weighted by Gasteiger charge is -2.19. The van der Waals surface area contributed by atoms with Crippen molar-refractivity contribution in [1.82, 2.24) is 15.5 Å². The molecular formula is C21H23N3O3. The first-order chi connectivity index (χ1) is 13.1. The smallest absolute Gasteiger partial charge is 0.216 e. The normalized spacial score (nSPS) is 12.0. The average molecular weight is 365 g/mol. The van der Waals surface area contributed by atoms with Crippen molar-refractivity contribution in [2.45, 2.75) is 13.8 Å². The minimum atomic E-state index is 0.00463. The number of aryl methyl sites for hydroxylation is 1. The van der Waals surface area contributed by atoms with E-state index in [0.29, 0.717) is 13.2 Å². The summed E-state index contributed by atoms with van der Waals surface area (Å²) in [5.74, 6) is 1.60. The highest BCUT2D eigenvalue weighted by molar-refractivity contribution is 5.83. The Bertz CT molecular complexity index is 920. The lowest BCUT2D eigenvalue weighted by molar-refractivity contribution is -0.118. The molecule has 1 amide bonds. The van der Waals surface area contributed by atoms with Crippen LogP contribution < -0.4 is 14.8 Å². The van der Waals surface area contributed by atoms with Gasteiger partial charge in [0.1, 0.15) is 18.9 Å². The zero-order valence-electron chi connectivity index (χ0n) is 15.7. The van der Waals surface area contributed by atoms with E-state index in [2.05, 4.69) is 33.7 Å². The number of carbonyl (C=O) groups excluding carboxylic acids is 1. The number of carbonyl (C=O) groups is 1. The van der Waals surface area contributed by atoms with Crippen molar-refractivity contribution in [3.8, 4) is 33.9 Å². The van der Waals surface area contributed by atoms with Crippen LogP contribution in [0.15, 0.2) is 48.5 Å². The molecule has 0 aliphatic carbocycles. The third-order valence-corrected chi connectivity index (χ3v) is 4.18. The van der Waals surface area contributed by atoms with Crippen LogP contribution >= 0.6 is 0 Å². The summed E-state index contributed by atoms with van der Waals surface area (Å²) in [4.78, 5) is 9.70. The van der Waals surface area contributed by atoms with E-state index < -0.39 is 0 Å². The largest absolute Gasteiger partial charge is 0.486 e. The van der Waals surface area contributed by atoms with Gasteiger partial charge in [0.05, 0.1) is 0 Å². The molecule has 0 saturated carbocycles. The van der Waals surface area contributed by atoms with Gasteiger partial charge in [0.25, 0.3) is 0 Å². The Morgan fingerprint density at radius 3 is 2.37 bits per heavy atom. The van der Waals surface area contributed by atoms with Crippen LogP contribution in [0.2, 0.25) is 0 Å². The molecule has 0 atom stereocenters. The molecule has 0 fully saturated rings. The van der Waals surface area contributed by atoms with E-state index in [1.165, 1.54) is 6.92 Å². The second kappa shape index (κ2) is 8.40. The molecule has 0 saturated heterocycles. The highest BCUT2D eigenvalue weighted by atomic mass is 16.6. The molecule has 2 aromatic carbocycles. The van der Waals surface area contributed by atoms with Gasteiger partial charge in [-0.3, -0.25) is 9.89 Å². The van der Waals surface area contributed by atoms with E-state index in [1.54, 1.807) is 7.05 Å². The second-order valence-corrected chi connectivity index (χ2v) is 6.10. The van der Waals surface area contributed by atoms with E-state index in [9.17, 15) is 4.79 Å². The molecule has 1 aliphatic rings. The summed E-state index contributed by atoms with van der Waals surface area (Å²) in [5.41, 5.74) is 5.26. The number of hydrogen-bond donors (Lipinski definition) is 2. The number of aromatic nitrogens is 2. The maximum atomic E-state index is 9.70. The standard InChI is InChI=1S/C18H16N2O2.C3H7NO/c1-12-17(18(20-19-12)13-5-3-2-4-6-13)14-7-8-15-16(11-14)22-10-9-21-15;1-3(5)4-2/h2-8,11H,9-10H2,1H3,(H,19,20);1-2H3,(H,4,5). The highest BCUT2D eigenvalue weighted by Crippen LogP contribution is 2.38. The molecule has 0 radical (unpaired) electrons. The van der Waals surface area contributed by atoms with Gasteiger partial charge in [-0.05, 0) is 24.6 Å². The van der Waals surface area contributed by atoms with E-state index in [0.717, 1.165) is 39.6 Å². The fraction of sp³-hybridized carbons (Fsp3) is 0.238. The third-order valence-electron chi connectivity index (χ3n) is 4.18. The Balaban J connectivity index is 0.000000376. The first-order valence-electron chi connectivity index (χ1n) is 8.79. The number of nitrogens with one attached hydrogen (secondary N) is 2. The van der Waals surface area contributed by atoms with Gasteiger partial charge in [0, 0.05) is 30.8 Å². The molecule has 2 N–H and O–H groups in total. The van der Waals surface area contributed by atoms with Gasteiger partial charge in [-0.2, -0.15) is 5.10 Å². The summed E-state index contributed by atoms with van der Waals surface area (Å²) in [7, 11) is 1.60. The van der Waals surface area contributed by atoms with Gasteiger partial charge < -0.3 is 14.8 Å². The predicted octanol–water partition coefficient (Wildman–Crippen LogP) is 3.58. The zero-order valence-corrected chi connectivity index (χ0v) is 15.7. The molecule has 1 aliphatic heterocycles. The van der Waals surface area contributed by atoms with Gasteiger partial charge in [0.2, 0.25) is 5.91 Å². The minimum absolute atomic E-state index is 0.00463. The minimum Gasteiger partial charge on any atom is -0.486 e. The topological polar surface area (TPSA) is 76.2 Å². The van der Waals surface area contributed by atoms with E-state index >= 15 is 0 Å². The third kappa shape index (κ3) is 4.28. The summed E-state index contributed by atoms with van der Waals surface area (Å²) < 4.78 is 11.3. The molecule has 27 heavy (non-hydrogen) atoms. The fourth-order valence-corrected chi connectivity index (χ4v) is 2.79. The van der Waals surface area contributed by atoms with Crippen LogP contribution in [0.3, 0.4) is 0 Å². The monoisotopic (exact) mass is 365 g/mol. The van der Waals surface area contributed by atoms with Crippen LogP contribution in [0.25, 0.3) is 22.4 Å². The molecule has 0 spiro atoms. The molecule has 3 aromatic rings. The molecule has 6 heteroatoms. The van der Waals surface area contributed by atoms with Crippen molar-refractivity contribution in [3.63, 3.8) is 0 Å². The summed E-state index contributed by atoms with van der Waals surface area (Å²) in [6, 6.07) is 16.2. The number of hydrogen-bond acceptors (Lipinski definition) is 4. The van der Waals surface area contributed by atoms with Crippen LogP contribution in [0, 0.1) is 6.92 Å². The number of fused-ring (bicyclic) bond motifs is 1. The van der Waals surface area contributed by atoms with Gasteiger partial charge in [-0.1, -0.05) is 36.4 Å². The van der Waals surface area contributed by atoms with E-state index in [4.69, 9.17) is 9.47 Å². The fourth-order valence-electron chi connectivity index (χ4n) is 2.79. The van der Waals surface area contributed by atoms with Crippen LogP contribution in [-0.4, -0.2) is 36.4 Å². The SMILES string of the molecule is CNC(C)=O.Cc1[nH]nc(-c2ccccc2)c1-c1ccc2c(c1)OCCO2. The Morgan fingerprint density at radius 2 is 1.70 bits per heavy atom. The number of ether oxygens (including phenoxy) is 2. The quantitative estimate of drug-likeness (QED) is 0.728. The molecule has 1 aromatic heterocycles.